The number of amides is 2. The topological polar surface area (TPSA) is 67.2 Å². The third-order valence-corrected chi connectivity index (χ3v) is 5.32. The molecule has 1 N–H and O–H groups in total. The first-order chi connectivity index (χ1) is 14.0. The summed E-state index contributed by atoms with van der Waals surface area (Å²) in [4.78, 5) is 26.6. The second kappa shape index (κ2) is 8.09. The minimum atomic E-state index is -0.167. The fourth-order valence-corrected chi connectivity index (χ4v) is 3.61. The second-order valence-corrected chi connectivity index (χ2v) is 7.48. The van der Waals surface area contributed by atoms with Crippen LogP contribution in [-0.4, -0.2) is 21.6 Å². The van der Waals surface area contributed by atoms with Crippen LogP contribution in [0.25, 0.3) is 0 Å². The number of hydrogen-bond acceptors (Lipinski definition) is 3. The number of benzene rings is 2. The van der Waals surface area contributed by atoms with E-state index in [9.17, 15) is 9.59 Å². The summed E-state index contributed by atoms with van der Waals surface area (Å²) < 4.78 is 1.87. The highest BCUT2D eigenvalue weighted by molar-refractivity contribution is 6.31. The number of hydrogen-bond donors (Lipinski definition) is 1. The SMILES string of the molecule is Cc1cc2n(n1)CCC(=O)N2Cc1ccc(C(=O)NCc2ccccc2Cl)cc1. The van der Waals surface area contributed by atoms with Crippen LogP contribution < -0.4 is 10.2 Å². The number of carbonyl (C=O) groups excluding carboxylic acids is 2. The van der Waals surface area contributed by atoms with Gasteiger partial charge in [-0.05, 0) is 36.2 Å². The Morgan fingerprint density at radius 1 is 1.17 bits per heavy atom. The monoisotopic (exact) mass is 408 g/mol. The molecule has 2 heterocycles. The zero-order chi connectivity index (χ0) is 20.4. The van der Waals surface area contributed by atoms with E-state index < -0.39 is 0 Å². The third-order valence-electron chi connectivity index (χ3n) is 4.95. The van der Waals surface area contributed by atoms with E-state index >= 15 is 0 Å². The van der Waals surface area contributed by atoms with Gasteiger partial charge in [-0.25, -0.2) is 4.68 Å². The van der Waals surface area contributed by atoms with Gasteiger partial charge in [0.1, 0.15) is 5.82 Å². The Balaban J connectivity index is 1.42. The van der Waals surface area contributed by atoms with Gasteiger partial charge in [-0.15, -0.1) is 0 Å². The van der Waals surface area contributed by atoms with Gasteiger partial charge in [0.2, 0.25) is 5.91 Å². The first kappa shape index (κ1) is 19.2. The highest BCUT2D eigenvalue weighted by Gasteiger charge is 2.25. The number of fused-ring (bicyclic) bond motifs is 1. The van der Waals surface area contributed by atoms with Gasteiger partial charge in [0.15, 0.2) is 0 Å². The fraction of sp³-hybridized carbons (Fsp3) is 0.227. The largest absolute Gasteiger partial charge is 0.348 e. The van der Waals surface area contributed by atoms with Crippen molar-refractivity contribution in [3.8, 4) is 0 Å². The van der Waals surface area contributed by atoms with Crippen molar-refractivity contribution in [3.05, 3.63) is 82.0 Å². The maximum absolute atomic E-state index is 12.4. The Morgan fingerprint density at radius 2 is 1.93 bits per heavy atom. The van der Waals surface area contributed by atoms with Crippen molar-refractivity contribution < 1.29 is 9.59 Å². The molecule has 0 bridgehead atoms. The van der Waals surface area contributed by atoms with Crippen LogP contribution in [0.3, 0.4) is 0 Å². The highest BCUT2D eigenvalue weighted by atomic mass is 35.5. The second-order valence-electron chi connectivity index (χ2n) is 7.07. The van der Waals surface area contributed by atoms with Crippen molar-refractivity contribution in [2.75, 3.05) is 4.90 Å². The van der Waals surface area contributed by atoms with Crippen LogP contribution in [0.1, 0.15) is 33.6 Å². The van der Waals surface area contributed by atoms with Crippen molar-refractivity contribution in [1.82, 2.24) is 15.1 Å². The summed E-state index contributed by atoms with van der Waals surface area (Å²) in [6, 6.07) is 16.6. The molecule has 3 aromatic rings. The molecule has 1 aliphatic rings. The smallest absolute Gasteiger partial charge is 0.251 e. The molecule has 1 aliphatic heterocycles. The number of nitrogens with zero attached hydrogens (tertiary/aromatic N) is 3. The standard InChI is InChI=1S/C22H21ClN4O2/c1-15-12-20-26(21(28)10-11-27(20)25-15)14-16-6-8-17(9-7-16)22(29)24-13-18-4-2-3-5-19(18)23/h2-9,12H,10-11,13-14H2,1H3,(H,24,29). The van der Waals surface area contributed by atoms with E-state index in [0.29, 0.717) is 36.6 Å². The van der Waals surface area contributed by atoms with Gasteiger partial charge < -0.3 is 5.32 Å². The fourth-order valence-electron chi connectivity index (χ4n) is 3.41. The van der Waals surface area contributed by atoms with Gasteiger partial charge in [0, 0.05) is 29.6 Å². The maximum atomic E-state index is 12.4. The van der Waals surface area contributed by atoms with Crippen LogP contribution in [0.4, 0.5) is 5.82 Å². The highest BCUT2D eigenvalue weighted by Crippen LogP contribution is 2.24. The number of halogens is 1. The normalized spacial score (nSPS) is 13.3. The van der Waals surface area contributed by atoms with Crippen molar-refractivity contribution in [2.24, 2.45) is 0 Å². The Morgan fingerprint density at radius 3 is 2.69 bits per heavy atom. The summed E-state index contributed by atoms with van der Waals surface area (Å²) in [7, 11) is 0. The molecule has 0 fully saturated rings. The van der Waals surface area contributed by atoms with Crippen LogP contribution >= 0.6 is 11.6 Å². The number of aromatic nitrogens is 2. The van der Waals surface area contributed by atoms with E-state index in [1.54, 1.807) is 23.1 Å². The summed E-state index contributed by atoms with van der Waals surface area (Å²) in [5.41, 5.74) is 3.28. The van der Waals surface area contributed by atoms with Crippen LogP contribution in [0.15, 0.2) is 54.6 Å². The first-order valence-corrected chi connectivity index (χ1v) is 9.84. The lowest BCUT2D eigenvalue weighted by molar-refractivity contribution is -0.119. The van der Waals surface area contributed by atoms with Crippen molar-refractivity contribution in [3.63, 3.8) is 0 Å². The predicted molar refractivity (Wildman–Crippen MR) is 112 cm³/mol. The molecule has 1 aromatic heterocycles. The molecule has 0 aliphatic carbocycles. The van der Waals surface area contributed by atoms with E-state index in [2.05, 4.69) is 10.4 Å². The van der Waals surface area contributed by atoms with E-state index in [-0.39, 0.29) is 11.8 Å². The van der Waals surface area contributed by atoms with E-state index in [1.807, 2.05) is 48.0 Å². The Kier molecular flexibility index (Phi) is 5.36. The average Bonchev–Trinajstić information content (AvgIpc) is 3.10. The molecule has 0 atom stereocenters. The average molecular weight is 409 g/mol. The lowest BCUT2D eigenvalue weighted by Gasteiger charge is -2.27. The van der Waals surface area contributed by atoms with E-state index in [1.165, 1.54) is 0 Å². The molecule has 0 saturated heterocycles. The molecule has 7 heteroatoms. The lowest BCUT2D eigenvalue weighted by Crippen LogP contribution is -2.36. The zero-order valence-corrected chi connectivity index (χ0v) is 16.8. The Hall–Kier alpha value is -3.12. The third kappa shape index (κ3) is 4.17. The molecule has 0 saturated carbocycles. The summed E-state index contributed by atoms with van der Waals surface area (Å²) in [6.45, 7) is 3.35. The van der Waals surface area contributed by atoms with Gasteiger partial charge >= 0.3 is 0 Å². The molecular formula is C22H21ClN4O2. The molecule has 0 spiro atoms. The van der Waals surface area contributed by atoms with Crippen LogP contribution in [0.5, 0.6) is 0 Å². The summed E-state index contributed by atoms with van der Waals surface area (Å²) in [5, 5.41) is 7.94. The maximum Gasteiger partial charge on any atom is 0.251 e. The van der Waals surface area contributed by atoms with Crippen molar-refractivity contribution >= 4 is 29.2 Å². The minimum absolute atomic E-state index is 0.0824. The molecule has 2 aromatic carbocycles. The van der Waals surface area contributed by atoms with Gasteiger partial charge in [-0.3, -0.25) is 14.5 Å². The molecule has 4 rings (SSSR count). The number of carbonyl (C=O) groups is 2. The molecule has 148 valence electrons. The molecule has 2 amide bonds. The molecule has 29 heavy (non-hydrogen) atoms. The minimum Gasteiger partial charge on any atom is -0.348 e. The van der Waals surface area contributed by atoms with E-state index in [0.717, 1.165) is 22.6 Å². The molecular weight excluding hydrogens is 388 g/mol. The van der Waals surface area contributed by atoms with Crippen LogP contribution in [0.2, 0.25) is 5.02 Å². The number of aryl methyl sites for hydroxylation is 2. The predicted octanol–water partition coefficient (Wildman–Crippen LogP) is 3.71. The van der Waals surface area contributed by atoms with Gasteiger partial charge in [-0.2, -0.15) is 5.10 Å². The summed E-state index contributed by atoms with van der Waals surface area (Å²) in [5.74, 6) is 0.735. The van der Waals surface area contributed by atoms with Crippen molar-refractivity contribution in [1.29, 1.82) is 0 Å². The van der Waals surface area contributed by atoms with Crippen molar-refractivity contribution in [2.45, 2.75) is 33.0 Å². The molecule has 0 unspecified atom stereocenters. The Bertz CT molecular complexity index is 1060. The molecule has 0 radical (unpaired) electrons. The Labute approximate surface area is 174 Å². The summed E-state index contributed by atoms with van der Waals surface area (Å²) >= 11 is 6.13. The molecule has 6 nitrogen and oxygen atoms in total. The summed E-state index contributed by atoms with van der Waals surface area (Å²) in [6.07, 6.45) is 0.441. The van der Waals surface area contributed by atoms with Crippen LogP contribution in [0, 0.1) is 6.92 Å². The van der Waals surface area contributed by atoms with E-state index in [4.69, 9.17) is 11.6 Å². The zero-order valence-electron chi connectivity index (χ0n) is 16.1. The van der Waals surface area contributed by atoms with Gasteiger partial charge in [0.05, 0.1) is 18.8 Å². The number of anilines is 1. The van der Waals surface area contributed by atoms with Crippen LogP contribution in [-0.2, 0) is 24.4 Å². The van der Waals surface area contributed by atoms with Gasteiger partial charge in [-0.1, -0.05) is 41.9 Å². The lowest BCUT2D eigenvalue weighted by atomic mass is 10.1. The first-order valence-electron chi connectivity index (χ1n) is 9.46. The number of rotatable bonds is 5. The van der Waals surface area contributed by atoms with Gasteiger partial charge in [0.25, 0.3) is 5.91 Å². The number of nitrogens with one attached hydrogen (secondary N) is 1. The quantitative estimate of drug-likeness (QED) is 0.699.